The number of hydrogen-bond donors (Lipinski definition) is 1. The van der Waals surface area contributed by atoms with Crippen molar-refractivity contribution >= 4 is 11.8 Å². The molecule has 1 aromatic rings. The minimum absolute atomic E-state index is 0.0380. The topological polar surface area (TPSA) is 61.9 Å². The molecule has 1 atom stereocenters. The van der Waals surface area contributed by atoms with Crippen LogP contribution in [-0.4, -0.2) is 67.6 Å². The second kappa shape index (κ2) is 9.56. The van der Waals surface area contributed by atoms with E-state index in [9.17, 15) is 22.8 Å². The van der Waals surface area contributed by atoms with Crippen LogP contribution in [0.4, 0.5) is 13.2 Å². The van der Waals surface area contributed by atoms with E-state index in [1.165, 1.54) is 12.1 Å². The molecule has 0 radical (unpaired) electrons. The zero-order valence-corrected chi connectivity index (χ0v) is 18.0. The van der Waals surface area contributed by atoms with Crippen molar-refractivity contribution in [2.24, 2.45) is 5.41 Å². The number of carbonyl (C=O) groups is 2. The highest BCUT2D eigenvalue weighted by atomic mass is 19.4. The van der Waals surface area contributed by atoms with Crippen molar-refractivity contribution in [2.75, 3.05) is 39.9 Å². The lowest BCUT2D eigenvalue weighted by Gasteiger charge is -2.37. The van der Waals surface area contributed by atoms with Gasteiger partial charge in [0, 0.05) is 26.7 Å². The Morgan fingerprint density at radius 1 is 1.23 bits per heavy atom. The third kappa shape index (κ3) is 5.20. The highest BCUT2D eigenvalue weighted by molar-refractivity contribution is 5.94. The molecule has 2 aliphatic heterocycles. The van der Waals surface area contributed by atoms with Gasteiger partial charge in [-0.1, -0.05) is 12.1 Å². The van der Waals surface area contributed by atoms with E-state index in [4.69, 9.17) is 4.74 Å². The van der Waals surface area contributed by atoms with Gasteiger partial charge >= 0.3 is 6.18 Å². The number of nitrogens with zero attached hydrogens (tertiary/aromatic N) is 2. The van der Waals surface area contributed by atoms with E-state index < -0.39 is 23.2 Å². The van der Waals surface area contributed by atoms with Crippen molar-refractivity contribution in [2.45, 2.75) is 44.9 Å². The van der Waals surface area contributed by atoms with Crippen LogP contribution >= 0.6 is 0 Å². The summed E-state index contributed by atoms with van der Waals surface area (Å²) >= 11 is 0. The number of piperidine rings is 1. The van der Waals surface area contributed by atoms with Gasteiger partial charge in [-0.15, -0.1) is 0 Å². The first-order valence-corrected chi connectivity index (χ1v) is 10.7. The molecule has 0 aromatic heterocycles. The van der Waals surface area contributed by atoms with Crippen LogP contribution in [0.5, 0.6) is 0 Å². The first kappa shape index (κ1) is 23.5. The second-order valence-corrected chi connectivity index (χ2v) is 8.35. The summed E-state index contributed by atoms with van der Waals surface area (Å²) in [5.74, 6) is -0.104. The van der Waals surface area contributed by atoms with Crippen LogP contribution in [0.3, 0.4) is 0 Å². The van der Waals surface area contributed by atoms with Crippen LogP contribution in [0.2, 0.25) is 0 Å². The smallest absolute Gasteiger partial charge is 0.383 e. The molecule has 1 spiro atoms. The Labute approximate surface area is 180 Å². The molecule has 172 valence electrons. The molecule has 0 bridgehead atoms. The fourth-order valence-corrected chi connectivity index (χ4v) is 4.62. The number of methoxy groups -OCH3 is 1. The highest BCUT2D eigenvalue weighted by Gasteiger charge is 2.53. The maximum absolute atomic E-state index is 13.2. The average molecular weight is 441 g/mol. The van der Waals surface area contributed by atoms with Crippen LogP contribution < -0.4 is 5.32 Å². The van der Waals surface area contributed by atoms with E-state index >= 15 is 0 Å². The summed E-state index contributed by atoms with van der Waals surface area (Å²) in [6.07, 6.45) is -2.54. The van der Waals surface area contributed by atoms with Crippen LogP contribution in [0.15, 0.2) is 24.3 Å². The first-order chi connectivity index (χ1) is 14.7. The van der Waals surface area contributed by atoms with E-state index in [0.29, 0.717) is 58.6 Å². The Morgan fingerprint density at radius 3 is 2.42 bits per heavy atom. The lowest BCUT2D eigenvalue weighted by atomic mass is 9.76. The summed E-state index contributed by atoms with van der Waals surface area (Å²) in [5.41, 5.74) is -0.372. The van der Waals surface area contributed by atoms with Gasteiger partial charge in [0.2, 0.25) is 11.8 Å². The standard InChI is InChI=1S/C22H30F3N3O3/c1-3-28-18(19(29)26-10-13-31-2)14-21(20(28)30)8-11-27(12-9-21)15-16-4-6-17(7-5-16)22(23,24)25/h4-7,18H,3,8-15H2,1-2H3,(H,26,29)/t18-/m0/s1. The third-order valence-electron chi connectivity index (χ3n) is 6.42. The van der Waals surface area contributed by atoms with E-state index in [1.54, 1.807) is 12.0 Å². The van der Waals surface area contributed by atoms with E-state index in [-0.39, 0.29) is 11.8 Å². The van der Waals surface area contributed by atoms with Crippen molar-refractivity contribution in [3.63, 3.8) is 0 Å². The zero-order chi connectivity index (χ0) is 22.6. The molecular weight excluding hydrogens is 411 g/mol. The Bertz CT molecular complexity index is 774. The molecular formula is C22H30F3N3O3. The quantitative estimate of drug-likeness (QED) is 0.661. The maximum atomic E-state index is 13.2. The van der Waals surface area contributed by atoms with Crippen molar-refractivity contribution in [3.05, 3.63) is 35.4 Å². The molecule has 2 aliphatic rings. The number of ether oxygens (including phenoxy) is 1. The highest BCUT2D eigenvalue weighted by Crippen LogP contribution is 2.44. The number of halogens is 3. The summed E-state index contributed by atoms with van der Waals surface area (Å²) in [7, 11) is 1.57. The summed E-state index contributed by atoms with van der Waals surface area (Å²) < 4.78 is 43.2. The van der Waals surface area contributed by atoms with Crippen molar-refractivity contribution < 1.29 is 27.5 Å². The molecule has 0 saturated carbocycles. The van der Waals surface area contributed by atoms with Crippen LogP contribution in [-0.2, 0) is 27.0 Å². The molecule has 6 nitrogen and oxygen atoms in total. The second-order valence-electron chi connectivity index (χ2n) is 8.35. The number of alkyl halides is 3. The molecule has 2 amide bonds. The molecule has 2 fully saturated rings. The number of benzene rings is 1. The molecule has 3 rings (SSSR count). The number of likely N-dealkylation sites (tertiary alicyclic amines) is 2. The molecule has 2 saturated heterocycles. The van der Waals surface area contributed by atoms with Crippen LogP contribution in [0.25, 0.3) is 0 Å². The van der Waals surface area contributed by atoms with Gasteiger partial charge in [-0.05, 0) is 57.0 Å². The monoisotopic (exact) mass is 441 g/mol. The van der Waals surface area contributed by atoms with Gasteiger partial charge in [0.05, 0.1) is 17.6 Å². The summed E-state index contributed by atoms with van der Waals surface area (Å²) in [6.45, 7) is 5.07. The van der Waals surface area contributed by atoms with Crippen LogP contribution in [0, 0.1) is 5.41 Å². The number of rotatable bonds is 7. The number of carbonyl (C=O) groups excluding carboxylic acids is 2. The Hall–Kier alpha value is -2.13. The predicted molar refractivity (Wildman–Crippen MR) is 109 cm³/mol. The summed E-state index contributed by atoms with van der Waals surface area (Å²) in [4.78, 5) is 29.6. The van der Waals surface area contributed by atoms with Gasteiger partial charge in [0.1, 0.15) is 6.04 Å². The maximum Gasteiger partial charge on any atom is 0.416 e. The molecule has 31 heavy (non-hydrogen) atoms. The van der Waals surface area contributed by atoms with Crippen molar-refractivity contribution in [1.29, 1.82) is 0 Å². The molecule has 2 heterocycles. The van der Waals surface area contributed by atoms with Crippen LogP contribution in [0.1, 0.15) is 37.3 Å². The number of amides is 2. The lowest BCUT2D eigenvalue weighted by molar-refractivity contribution is -0.141. The number of nitrogens with one attached hydrogen (secondary N) is 1. The van der Waals surface area contributed by atoms with E-state index in [2.05, 4.69) is 10.2 Å². The zero-order valence-electron chi connectivity index (χ0n) is 18.0. The van der Waals surface area contributed by atoms with Gasteiger partial charge in [-0.3, -0.25) is 14.5 Å². The molecule has 9 heteroatoms. The molecule has 1 aromatic carbocycles. The summed E-state index contributed by atoms with van der Waals surface area (Å²) in [6, 6.07) is 4.76. The number of likely N-dealkylation sites (N-methyl/N-ethyl adjacent to an activating group) is 1. The minimum atomic E-state index is -4.34. The van der Waals surface area contributed by atoms with Gasteiger partial charge < -0.3 is 15.0 Å². The molecule has 0 aliphatic carbocycles. The fraction of sp³-hybridized carbons (Fsp3) is 0.636. The van der Waals surface area contributed by atoms with Gasteiger partial charge in [-0.2, -0.15) is 13.2 Å². The van der Waals surface area contributed by atoms with Gasteiger partial charge in [0.25, 0.3) is 0 Å². The lowest BCUT2D eigenvalue weighted by Crippen LogP contribution is -2.46. The predicted octanol–water partition coefficient (Wildman–Crippen LogP) is 2.67. The largest absolute Gasteiger partial charge is 0.416 e. The minimum Gasteiger partial charge on any atom is -0.383 e. The Balaban J connectivity index is 1.59. The SMILES string of the molecule is CCN1C(=O)C2(CCN(Cc3ccc(C(F)(F)F)cc3)CC2)C[C@H]1C(=O)NCCOC. The van der Waals surface area contributed by atoms with Crippen molar-refractivity contribution in [3.8, 4) is 0 Å². The average Bonchev–Trinajstić information content (AvgIpc) is 3.01. The molecule has 0 unspecified atom stereocenters. The van der Waals surface area contributed by atoms with Crippen molar-refractivity contribution in [1.82, 2.24) is 15.1 Å². The fourth-order valence-electron chi connectivity index (χ4n) is 4.62. The third-order valence-corrected chi connectivity index (χ3v) is 6.42. The normalized spacial score (nSPS) is 21.6. The van der Waals surface area contributed by atoms with E-state index in [1.807, 2.05) is 6.92 Å². The first-order valence-electron chi connectivity index (χ1n) is 10.7. The Kier molecular flexibility index (Phi) is 7.26. The Morgan fingerprint density at radius 2 is 1.87 bits per heavy atom. The molecule has 1 N–H and O–H groups in total. The van der Waals surface area contributed by atoms with Gasteiger partial charge in [-0.25, -0.2) is 0 Å². The van der Waals surface area contributed by atoms with Gasteiger partial charge in [0.15, 0.2) is 0 Å². The van der Waals surface area contributed by atoms with E-state index in [0.717, 1.165) is 17.7 Å². The summed E-state index contributed by atoms with van der Waals surface area (Å²) in [5, 5.41) is 2.84. The number of hydrogen-bond acceptors (Lipinski definition) is 4.